The maximum Gasteiger partial charge on any atom is 0.416 e. The van der Waals surface area contributed by atoms with Crippen LogP contribution in [0.4, 0.5) is 18.9 Å². The van der Waals surface area contributed by atoms with Crippen molar-refractivity contribution in [2.75, 3.05) is 5.32 Å². The van der Waals surface area contributed by atoms with Gasteiger partial charge in [-0.3, -0.25) is 4.79 Å². The van der Waals surface area contributed by atoms with Crippen LogP contribution in [0.1, 0.15) is 15.9 Å². The average molecular weight is 399 g/mol. The van der Waals surface area contributed by atoms with E-state index in [1.165, 1.54) is 29.8 Å². The summed E-state index contributed by atoms with van der Waals surface area (Å²) in [5.74, 6) is -0.619. The normalized spacial score (nSPS) is 11.5. The van der Waals surface area contributed by atoms with Crippen molar-refractivity contribution in [2.24, 2.45) is 0 Å². The van der Waals surface area contributed by atoms with Crippen LogP contribution >= 0.6 is 11.3 Å². The molecule has 28 heavy (non-hydrogen) atoms. The first-order valence-electron chi connectivity index (χ1n) is 8.19. The summed E-state index contributed by atoms with van der Waals surface area (Å²) in [5.41, 5.74) is 1.02. The van der Waals surface area contributed by atoms with E-state index in [9.17, 15) is 18.0 Å². The number of nitrogens with one attached hydrogen (secondary N) is 1. The minimum atomic E-state index is -4.50. The number of anilines is 1. The predicted octanol–water partition coefficient (Wildman–Crippen LogP) is 5.63. The summed E-state index contributed by atoms with van der Waals surface area (Å²) in [6.45, 7) is 0. The van der Waals surface area contributed by atoms with E-state index in [0.29, 0.717) is 5.69 Å². The zero-order valence-corrected chi connectivity index (χ0v) is 15.0. The number of aromatic nitrogens is 2. The SMILES string of the molecule is O=C(Nc1cccc(-c2ncnc3sccc23)c1)c1cccc(C(F)(F)F)c1. The molecule has 2 aromatic carbocycles. The van der Waals surface area contributed by atoms with E-state index < -0.39 is 17.6 Å². The lowest BCUT2D eigenvalue weighted by molar-refractivity contribution is -0.137. The Morgan fingerprint density at radius 2 is 1.82 bits per heavy atom. The molecular formula is C20H12F3N3OS. The lowest BCUT2D eigenvalue weighted by Gasteiger charge is -2.10. The number of nitrogens with zero attached hydrogens (tertiary/aromatic N) is 2. The van der Waals surface area contributed by atoms with Gasteiger partial charge in [-0.1, -0.05) is 18.2 Å². The summed E-state index contributed by atoms with van der Waals surface area (Å²) in [6.07, 6.45) is -3.03. The van der Waals surface area contributed by atoms with E-state index in [2.05, 4.69) is 15.3 Å². The molecule has 0 saturated carbocycles. The second kappa shape index (κ2) is 7.05. The van der Waals surface area contributed by atoms with Crippen molar-refractivity contribution in [2.45, 2.75) is 6.18 Å². The van der Waals surface area contributed by atoms with Gasteiger partial charge >= 0.3 is 6.18 Å². The summed E-state index contributed by atoms with van der Waals surface area (Å²) < 4.78 is 38.6. The van der Waals surface area contributed by atoms with Crippen molar-refractivity contribution >= 4 is 33.1 Å². The molecule has 8 heteroatoms. The first-order valence-corrected chi connectivity index (χ1v) is 9.07. The number of fused-ring (bicyclic) bond motifs is 1. The van der Waals surface area contributed by atoms with Crippen molar-refractivity contribution in [1.82, 2.24) is 9.97 Å². The highest BCUT2D eigenvalue weighted by atomic mass is 32.1. The molecule has 140 valence electrons. The molecule has 0 saturated heterocycles. The average Bonchev–Trinajstić information content (AvgIpc) is 3.16. The molecule has 1 N–H and O–H groups in total. The molecule has 1 amide bonds. The van der Waals surface area contributed by atoms with E-state index >= 15 is 0 Å². The number of amides is 1. The number of alkyl halides is 3. The van der Waals surface area contributed by atoms with Crippen LogP contribution < -0.4 is 5.32 Å². The number of halogens is 3. The van der Waals surface area contributed by atoms with Gasteiger partial charge < -0.3 is 5.32 Å². The molecule has 0 bridgehead atoms. The Kier molecular flexibility index (Phi) is 4.56. The number of carbonyl (C=O) groups excluding carboxylic acids is 1. The van der Waals surface area contributed by atoms with E-state index in [-0.39, 0.29) is 5.56 Å². The molecule has 4 nitrogen and oxygen atoms in total. The molecule has 2 heterocycles. The monoisotopic (exact) mass is 399 g/mol. The zero-order chi connectivity index (χ0) is 19.7. The molecule has 0 aliphatic carbocycles. The van der Waals surface area contributed by atoms with Gasteiger partial charge in [-0.15, -0.1) is 11.3 Å². The molecule has 4 rings (SSSR count). The number of benzene rings is 2. The Hall–Kier alpha value is -3.26. The lowest BCUT2D eigenvalue weighted by atomic mass is 10.1. The lowest BCUT2D eigenvalue weighted by Crippen LogP contribution is -2.14. The van der Waals surface area contributed by atoms with Crippen LogP contribution in [0, 0.1) is 0 Å². The summed E-state index contributed by atoms with van der Waals surface area (Å²) in [5, 5.41) is 5.46. The van der Waals surface area contributed by atoms with Crippen LogP contribution in [0.3, 0.4) is 0 Å². The first-order chi connectivity index (χ1) is 13.4. The van der Waals surface area contributed by atoms with Crippen LogP contribution in [0.25, 0.3) is 21.5 Å². The van der Waals surface area contributed by atoms with E-state index in [4.69, 9.17) is 0 Å². The van der Waals surface area contributed by atoms with Gasteiger partial charge in [-0.25, -0.2) is 9.97 Å². The molecule has 0 fully saturated rings. The smallest absolute Gasteiger partial charge is 0.322 e. The van der Waals surface area contributed by atoms with Gasteiger partial charge in [0, 0.05) is 22.2 Å². The molecular weight excluding hydrogens is 387 g/mol. The molecule has 0 aliphatic rings. The highest BCUT2D eigenvalue weighted by Gasteiger charge is 2.30. The second-order valence-electron chi connectivity index (χ2n) is 5.98. The minimum absolute atomic E-state index is 0.0671. The summed E-state index contributed by atoms with van der Waals surface area (Å²) in [4.78, 5) is 21.8. The van der Waals surface area contributed by atoms with Crippen LogP contribution in [0.15, 0.2) is 66.3 Å². The van der Waals surface area contributed by atoms with Gasteiger partial charge in [-0.2, -0.15) is 13.2 Å². The van der Waals surface area contributed by atoms with Crippen LogP contribution in [-0.2, 0) is 6.18 Å². The molecule has 0 unspecified atom stereocenters. The van der Waals surface area contributed by atoms with Crippen molar-refractivity contribution < 1.29 is 18.0 Å². The number of thiophene rings is 1. The number of hydrogen-bond donors (Lipinski definition) is 1. The third-order valence-corrected chi connectivity index (χ3v) is 4.93. The fourth-order valence-corrected chi connectivity index (χ4v) is 3.54. The number of rotatable bonds is 3. The van der Waals surface area contributed by atoms with Crippen molar-refractivity contribution in [3.8, 4) is 11.3 Å². The van der Waals surface area contributed by atoms with E-state index in [1.807, 2.05) is 17.5 Å². The van der Waals surface area contributed by atoms with Gasteiger partial charge in [0.25, 0.3) is 5.91 Å². The first kappa shape index (κ1) is 18.1. The number of hydrogen-bond acceptors (Lipinski definition) is 4. The predicted molar refractivity (Wildman–Crippen MR) is 102 cm³/mol. The van der Waals surface area contributed by atoms with Gasteiger partial charge in [0.05, 0.1) is 11.3 Å². The fourth-order valence-electron chi connectivity index (χ4n) is 2.80. The topological polar surface area (TPSA) is 54.9 Å². The Labute approximate surface area is 161 Å². The second-order valence-corrected chi connectivity index (χ2v) is 6.87. The fraction of sp³-hybridized carbons (Fsp3) is 0.0500. The van der Waals surface area contributed by atoms with Crippen LogP contribution in [0.5, 0.6) is 0 Å². The Morgan fingerprint density at radius 3 is 2.64 bits per heavy atom. The highest BCUT2D eigenvalue weighted by Crippen LogP contribution is 2.31. The maximum absolute atomic E-state index is 12.9. The minimum Gasteiger partial charge on any atom is -0.322 e. The summed E-state index contributed by atoms with van der Waals surface area (Å²) >= 11 is 1.50. The van der Waals surface area contributed by atoms with Crippen molar-refractivity contribution in [3.63, 3.8) is 0 Å². The number of carbonyl (C=O) groups is 1. The molecule has 4 aromatic rings. The van der Waals surface area contributed by atoms with Crippen LogP contribution in [0.2, 0.25) is 0 Å². The van der Waals surface area contributed by atoms with Gasteiger partial charge in [0.1, 0.15) is 11.2 Å². The highest BCUT2D eigenvalue weighted by molar-refractivity contribution is 7.16. The Balaban J connectivity index is 1.62. The Bertz CT molecular complexity index is 1170. The maximum atomic E-state index is 12.9. The molecule has 0 aliphatic heterocycles. The van der Waals surface area contributed by atoms with Crippen molar-refractivity contribution in [1.29, 1.82) is 0 Å². The third-order valence-electron chi connectivity index (χ3n) is 4.11. The molecule has 2 aromatic heterocycles. The van der Waals surface area contributed by atoms with Crippen LogP contribution in [-0.4, -0.2) is 15.9 Å². The molecule has 0 radical (unpaired) electrons. The van der Waals surface area contributed by atoms with Gasteiger partial charge in [-0.05, 0) is 41.8 Å². The quantitative estimate of drug-likeness (QED) is 0.486. The zero-order valence-electron chi connectivity index (χ0n) is 14.2. The standard InChI is InChI=1S/C20H12F3N3OS/c21-20(22,23)14-5-1-4-13(9-14)18(27)26-15-6-2-3-12(10-15)17-16-7-8-28-19(16)25-11-24-17/h1-11H,(H,26,27). The summed E-state index contributed by atoms with van der Waals surface area (Å²) in [6, 6.07) is 13.2. The van der Waals surface area contributed by atoms with Crippen molar-refractivity contribution in [3.05, 3.63) is 77.4 Å². The summed E-state index contributed by atoms with van der Waals surface area (Å²) in [7, 11) is 0. The largest absolute Gasteiger partial charge is 0.416 e. The van der Waals surface area contributed by atoms with E-state index in [0.717, 1.165) is 33.6 Å². The molecule has 0 spiro atoms. The van der Waals surface area contributed by atoms with E-state index in [1.54, 1.807) is 18.2 Å². The van der Waals surface area contributed by atoms with Gasteiger partial charge in [0.2, 0.25) is 0 Å². The Morgan fingerprint density at radius 1 is 1.00 bits per heavy atom. The third kappa shape index (κ3) is 3.59. The molecule has 0 atom stereocenters. The van der Waals surface area contributed by atoms with Gasteiger partial charge in [0.15, 0.2) is 0 Å².